The molecule has 2 rings (SSSR count). The van der Waals surface area contributed by atoms with Gasteiger partial charge in [0.25, 0.3) is 0 Å². The fraction of sp³-hybridized carbons (Fsp3) is 0.294. The van der Waals surface area contributed by atoms with Gasteiger partial charge in [-0.15, -0.1) is 4.36 Å². The minimum absolute atomic E-state index is 0.0296. The highest BCUT2D eigenvalue weighted by Crippen LogP contribution is 2.34. The van der Waals surface area contributed by atoms with Gasteiger partial charge in [-0.1, -0.05) is 13.0 Å². The van der Waals surface area contributed by atoms with Crippen LogP contribution in [0, 0.1) is 0 Å². The van der Waals surface area contributed by atoms with Gasteiger partial charge in [-0.2, -0.15) is 8.42 Å². The zero-order valence-corrected chi connectivity index (χ0v) is 16.8. The van der Waals surface area contributed by atoms with Crippen LogP contribution in [0.25, 0.3) is 0 Å². The van der Waals surface area contributed by atoms with E-state index in [9.17, 15) is 8.42 Å². The number of furan rings is 1. The number of carbonyl (C=O) groups excluding carboxylic acids is 1. The molecule has 0 spiro atoms. The number of ether oxygens (including phenoxy) is 1. The van der Waals surface area contributed by atoms with Gasteiger partial charge in [0.15, 0.2) is 0 Å². The third-order valence-corrected chi connectivity index (χ3v) is 4.36. The number of amides is 1. The summed E-state index contributed by atoms with van der Waals surface area (Å²) in [6.45, 7) is 4.37. The molecular formula is C17H21N3O5S2. The van der Waals surface area contributed by atoms with E-state index in [0.29, 0.717) is 18.0 Å². The smallest absolute Gasteiger partial charge is 0.318 e. The first-order valence-electron chi connectivity index (χ1n) is 7.89. The van der Waals surface area contributed by atoms with Crippen molar-refractivity contribution in [3.63, 3.8) is 0 Å². The Morgan fingerprint density at radius 1 is 1.44 bits per heavy atom. The van der Waals surface area contributed by atoms with Crippen LogP contribution in [0.4, 0.5) is 5.69 Å². The molecule has 1 unspecified atom stereocenters. The average molecular weight is 412 g/mol. The maximum atomic E-state index is 10.8. The number of hydrogen-bond acceptors (Lipinski definition) is 6. The second kappa shape index (κ2) is 11.1. The molecule has 146 valence electrons. The van der Waals surface area contributed by atoms with Crippen LogP contribution in [-0.4, -0.2) is 33.6 Å². The molecule has 0 aliphatic heterocycles. The molecule has 0 saturated carbocycles. The van der Waals surface area contributed by atoms with E-state index in [1.165, 1.54) is 4.90 Å². The van der Waals surface area contributed by atoms with Gasteiger partial charge < -0.3 is 19.8 Å². The van der Waals surface area contributed by atoms with E-state index in [2.05, 4.69) is 10.1 Å². The van der Waals surface area contributed by atoms with Crippen LogP contribution < -0.4 is 15.4 Å². The van der Waals surface area contributed by atoms with Gasteiger partial charge in [-0.3, -0.25) is 4.79 Å². The molecule has 0 saturated heterocycles. The van der Waals surface area contributed by atoms with Crippen molar-refractivity contribution in [2.75, 3.05) is 18.6 Å². The van der Waals surface area contributed by atoms with Gasteiger partial charge in [0.05, 0.1) is 18.6 Å². The van der Waals surface area contributed by atoms with Crippen molar-refractivity contribution in [3.05, 3.63) is 47.9 Å². The van der Waals surface area contributed by atoms with E-state index in [-0.39, 0.29) is 17.4 Å². The van der Waals surface area contributed by atoms with Crippen LogP contribution in [0.5, 0.6) is 5.75 Å². The summed E-state index contributed by atoms with van der Waals surface area (Å²) < 4.78 is 36.0. The molecule has 8 nitrogen and oxygen atoms in total. The van der Waals surface area contributed by atoms with Crippen molar-refractivity contribution >= 4 is 39.9 Å². The van der Waals surface area contributed by atoms with Crippen molar-refractivity contribution in [1.29, 1.82) is 0 Å². The number of primary amides is 1. The summed E-state index contributed by atoms with van der Waals surface area (Å²) in [6, 6.07) is 9.42. The predicted molar refractivity (Wildman–Crippen MR) is 106 cm³/mol. The molecule has 1 aromatic carbocycles. The van der Waals surface area contributed by atoms with Crippen LogP contribution in [0.2, 0.25) is 0 Å². The fourth-order valence-corrected chi connectivity index (χ4v) is 2.80. The van der Waals surface area contributed by atoms with Crippen molar-refractivity contribution in [3.8, 4) is 5.75 Å². The predicted octanol–water partition coefficient (Wildman–Crippen LogP) is 2.72. The summed E-state index contributed by atoms with van der Waals surface area (Å²) in [4.78, 5) is 10.1. The molecule has 2 aromatic rings. The molecule has 1 amide bonds. The summed E-state index contributed by atoms with van der Waals surface area (Å²) in [7, 11) is -0.952. The number of thiocarbonyl (C=S) groups is 1. The SMILES string of the molecule is CCOc1ccc(C(C)c2ccco2)cc1N(C)C(=S)N=S(=O)=O.NC=O. The Bertz CT molecular complexity index is 887. The van der Waals surface area contributed by atoms with E-state index in [0.717, 1.165) is 11.3 Å². The summed E-state index contributed by atoms with van der Waals surface area (Å²) in [5.74, 6) is 1.47. The third-order valence-electron chi connectivity index (χ3n) is 3.55. The van der Waals surface area contributed by atoms with Crippen LogP contribution >= 0.6 is 12.2 Å². The molecule has 0 aliphatic carbocycles. The first-order chi connectivity index (χ1) is 12.8. The van der Waals surface area contributed by atoms with Gasteiger partial charge in [0.1, 0.15) is 11.5 Å². The number of hydrogen-bond donors (Lipinski definition) is 1. The average Bonchev–Trinajstić information content (AvgIpc) is 3.16. The monoisotopic (exact) mass is 411 g/mol. The largest absolute Gasteiger partial charge is 0.492 e. The van der Waals surface area contributed by atoms with Crippen LogP contribution in [0.1, 0.15) is 31.1 Å². The minimum atomic E-state index is -2.60. The number of rotatable bonds is 5. The molecule has 10 heteroatoms. The molecule has 0 fully saturated rings. The molecule has 1 aromatic heterocycles. The number of nitrogens with zero attached hydrogens (tertiary/aromatic N) is 2. The minimum Gasteiger partial charge on any atom is -0.492 e. The summed E-state index contributed by atoms with van der Waals surface area (Å²) in [6.07, 6.45) is 1.88. The van der Waals surface area contributed by atoms with E-state index in [1.807, 2.05) is 44.2 Å². The van der Waals surface area contributed by atoms with Gasteiger partial charge in [-0.25, -0.2) is 0 Å². The number of nitrogens with two attached hydrogens (primary N) is 1. The molecule has 2 N–H and O–H groups in total. The highest BCUT2D eigenvalue weighted by Gasteiger charge is 2.18. The van der Waals surface area contributed by atoms with E-state index < -0.39 is 10.5 Å². The lowest BCUT2D eigenvalue weighted by Crippen LogP contribution is -2.23. The Kier molecular flexibility index (Phi) is 9.17. The van der Waals surface area contributed by atoms with Crippen molar-refractivity contribution in [2.24, 2.45) is 10.1 Å². The molecule has 1 heterocycles. The van der Waals surface area contributed by atoms with Crippen LogP contribution in [0.15, 0.2) is 45.4 Å². The summed E-state index contributed by atoms with van der Waals surface area (Å²) in [5, 5.41) is -0.0629. The molecule has 0 bridgehead atoms. The van der Waals surface area contributed by atoms with Gasteiger partial charge >= 0.3 is 10.5 Å². The van der Waals surface area contributed by atoms with Gasteiger partial charge in [0.2, 0.25) is 11.5 Å². The molecule has 1 atom stereocenters. The van der Waals surface area contributed by atoms with Gasteiger partial charge in [-0.05, 0) is 49.0 Å². The lowest BCUT2D eigenvalue weighted by molar-refractivity contribution is -0.106. The Morgan fingerprint density at radius 2 is 2.11 bits per heavy atom. The topological polar surface area (TPSA) is 115 Å². The van der Waals surface area contributed by atoms with Crippen LogP contribution in [0.3, 0.4) is 0 Å². The Morgan fingerprint density at radius 3 is 2.63 bits per heavy atom. The highest BCUT2D eigenvalue weighted by atomic mass is 32.2. The third kappa shape index (κ3) is 6.50. The van der Waals surface area contributed by atoms with Gasteiger partial charge in [0, 0.05) is 13.0 Å². The Hall–Kier alpha value is -2.72. The normalized spacial score (nSPS) is 10.8. The number of carbonyl (C=O) groups is 1. The molecule has 0 radical (unpaired) electrons. The summed E-state index contributed by atoms with van der Waals surface area (Å²) >= 11 is 5.06. The highest BCUT2D eigenvalue weighted by molar-refractivity contribution is 7.81. The van der Waals surface area contributed by atoms with E-state index >= 15 is 0 Å². The Balaban J connectivity index is 0.00000114. The maximum Gasteiger partial charge on any atom is 0.318 e. The van der Waals surface area contributed by atoms with Crippen molar-refractivity contribution < 1.29 is 22.4 Å². The summed E-state index contributed by atoms with van der Waals surface area (Å²) in [5.41, 5.74) is 5.80. The maximum absolute atomic E-state index is 10.8. The lowest BCUT2D eigenvalue weighted by Gasteiger charge is -2.22. The van der Waals surface area contributed by atoms with E-state index in [4.69, 9.17) is 26.2 Å². The first kappa shape index (κ1) is 22.3. The fourth-order valence-electron chi connectivity index (χ4n) is 2.27. The lowest BCUT2D eigenvalue weighted by atomic mass is 9.97. The van der Waals surface area contributed by atoms with Crippen molar-refractivity contribution in [2.45, 2.75) is 19.8 Å². The molecular weight excluding hydrogens is 390 g/mol. The first-order valence-corrected chi connectivity index (χ1v) is 9.33. The standard InChI is InChI=1S/C16H18N2O4S2.CH3NO/c1-4-21-15-8-7-12(11(2)14-6-5-9-22-14)10-13(15)18(3)16(23)17-24(19)20;2-1-3/h5-11H,4H2,1-3H3;1H,(H2,2,3). The number of anilines is 1. The second-order valence-corrected chi connectivity index (χ2v) is 6.17. The van der Waals surface area contributed by atoms with E-state index in [1.54, 1.807) is 13.3 Å². The van der Waals surface area contributed by atoms with Crippen LogP contribution in [-0.2, 0) is 15.3 Å². The Labute approximate surface area is 164 Å². The second-order valence-electron chi connectivity index (χ2n) is 5.18. The molecule has 0 aliphatic rings. The quantitative estimate of drug-likeness (QED) is 0.594. The zero-order valence-electron chi connectivity index (χ0n) is 15.2. The zero-order chi connectivity index (χ0) is 20.4. The number of benzene rings is 1. The van der Waals surface area contributed by atoms with Crippen molar-refractivity contribution in [1.82, 2.24) is 0 Å². The molecule has 27 heavy (non-hydrogen) atoms.